The van der Waals surface area contributed by atoms with Crippen LogP contribution in [0.5, 0.6) is 0 Å². The Labute approximate surface area is 113 Å². The van der Waals surface area contributed by atoms with Crippen molar-refractivity contribution in [2.24, 2.45) is 18.7 Å². The molecule has 1 unspecified atom stereocenters. The molecule has 0 amide bonds. The summed E-state index contributed by atoms with van der Waals surface area (Å²) in [7, 11) is 1.94. The van der Waals surface area contributed by atoms with Crippen molar-refractivity contribution in [3.8, 4) is 0 Å². The Hall–Kier alpha value is -1.68. The largest absolute Gasteiger partial charge is 0.330 e. The van der Waals surface area contributed by atoms with Crippen LogP contribution in [0.3, 0.4) is 0 Å². The van der Waals surface area contributed by atoms with Crippen LogP contribution in [0, 0.1) is 11.7 Å². The molecule has 19 heavy (non-hydrogen) atoms. The fourth-order valence-electron chi connectivity index (χ4n) is 2.30. The first kappa shape index (κ1) is 13.7. The van der Waals surface area contributed by atoms with E-state index in [0.29, 0.717) is 12.5 Å². The third kappa shape index (κ3) is 3.89. The monoisotopic (exact) mass is 261 g/mol. The van der Waals surface area contributed by atoms with Gasteiger partial charge in [-0.2, -0.15) is 5.10 Å². The Morgan fingerprint density at radius 3 is 2.84 bits per heavy atom. The first-order valence-corrected chi connectivity index (χ1v) is 6.60. The van der Waals surface area contributed by atoms with Crippen molar-refractivity contribution in [2.75, 3.05) is 6.54 Å². The van der Waals surface area contributed by atoms with E-state index in [1.807, 2.05) is 23.9 Å². The number of aromatic nitrogens is 2. The summed E-state index contributed by atoms with van der Waals surface area (Å²) in [6, 6.07) is 8.79. The van der Waals surface area contributed by atoms with E-state index in [1.54, 1.807) is 18.3 Å². The average Bonchev–Trinajstić information content (AvgIpc) is 2.80. The van der Waals surface area contributed by atoms with Gasteiger partial charge in [-0.25, -0.2) is 4.39 Å². The number of hydrogen-bond acceptors (Lipinski definition) is 2. The molecular formula is C15H20FN3. The molecule has 102 valence electrons. The van der Waals surface area contributed by atoms with Crippen molar-refractivity contribution in [1.29, 1.82) is 0 Å². The Morgan fingerprint density at radius 1 is 1.37 bits per heavy atom. The lowest BCUT2D eigenvalue weighted by Crippen LogP contribution is -2.18. The van der Waals surface area contributed by atoms with Gasteiger partial charge in [0, 0.05) is 18.9 Å². The van der Waals surface area contributed by atoms with Crippen LogP contribution in [-0.2, 0) is 19.9 Å². The number of halogens is 1. The molecule has 1 heterocycles. The first-order valence-electron chi connectivity index (χ1n) is 6.60. The summed E-state index contributed by atoms with van der Waals surface area (Å²) >= 11 is 0. The Kier molecular flexibility index (Phi) is 4.68. The molecule has 0 aliphatic rings. The lowest BCUT2D eigenvalue weighted by molar-refractivity contribution is 0.483. The molecule has 0 radical (unpaired) electrons. The second kappa shape index (κ2) is 6.48. The number of nitrogens with zero attached hydrogens (tertiary/aromatic N) is 2. The maximum Gasteiger partial charge on any atom is 0.123 e. The standard InChI is InChI=1S/C15H20FN3/c1-19-15(7-8-18-19)6-5-13(11-17)9-12-3-2-4-14(16)10-12/h2-4,7-8,10,13H,5-6,9,11,17H2,1H3. The molecule has 0 fully saturated rings. The summed E-state index contributed by atoms with van der Waals surface area (Å²) in [5, 5.41) is 4.15. The number of benzene rings is 1. The number of nitrogens with two attached hydrogens (primary N) is 1. The predicted octanol–water partition coefficient (Wildman–Crippen LogP) is 2.31. The van der Waals surface area contributed by atoms with Crippen molar-refractivity contribution in [3.63, 3.8) is 0 Å². The highest BCUT2D eigenvalue weighted by atomic mass is 19.1. The van der Waals surface area contributed by atoms with E-state index in [2.05, 4.69) is 5.10 Å². The highest BCUT2D eigenvalue weighted by Gasteiger charge is 2.10. The zero-order valence-electron chi connectivity index (χ0n) is 11.2. The number of hydrogen-bond donors (Lipinski definition) is 1. The van der Waals surface area contributed by atoms with E-state index in [9.17, 15) is 4.39 Å². The van der Waals surface area contributed by atoms with Crippen LogP contribution in [0.1, 0.15) is 17.7 Å². The van der Waals surface area contributed by atoms with Gasteiger partial charge in [-0.3, -0.25) is 4.68 Å². The molecule has 0 saturated heterocycles. The molecule has 1 atom stereocenters. The van der Waals surface area contributed by atoms with Gasteiger partial charge in [0.1, 0.15) is 5.82 Å². The van der Waals surface area contributed by atoms with Crippen LogP contribution in [-0.4, -0.2) is 16.3 Å². The Bertz CT molecular complexity index is 522. The van der Waals surface area contributed by atoms with Crippen molar-refractivity contribution in [1.82, 2.24) is 9.78 Å². The van der Waals surface area contributed by atoms with Crippen LogP contribution < -0.4 is 5.73 Å². The quantitative estimate of drug-likeness (QED) is 0.867. The van der Waals surface area contributed by atoms with E-state index in [1.165, 1.54) is 11.8 Å². The number of rotatable bonds is 6. The van der Waals surface area contributed by atoms with E-state index >= 15 is 0 Å². The van der Waals surface area contributed by atoms with Crippen LogP contribution in [0.4, 0.5) is 4.39 Å². The molecule has 0 bridgehead atoms. The fourth-order valence-corrected chi connectivity index (χ4v) is 2.30. The average molecular weight is 261 g/mol. The highest BCUT2D eigenvalue weighted by Crippen LogP contribution is 2.15. The summed E-state index contributed by atoms with van der Waals surface area (Å²) in [6.07, 6.45) is 4.58. The maximum atomic E-state index is 13.1. The van der Waals surface area contributed by atoms with E-state index in [4.69, 9.17) is 5.73 Å². The van der Waals surface area contributed by atoms with Gasteiger partial charge in [-0.15, -0.1) is 0 Å². The summed E-state index contributed by atoms with van der Waals surface area (Å²) in [5.41, 5.74) is 8.04. The molecule has 2 rings (SSSR count). The molecule has 0 spiro atoms. The normalized spacial score (nSPS) is 12.6. The lowest BCUT2D eigenvalue weighted by atomic mass is 9.94. The van der Waals surface area contributed by atoms with Crippen molar-refractivity contribution >= 4 is 0 Å². The summed E-state index contributed by atoms with van der Waals surface area (Å²) in [4.78, 5) is 0. The number of aryl methyl sites for hydroxylation is 2. The second-order valence-corrected chi connectivity index (χ2v) is 4.92. The minimum Gasteiger partial charge on any atom is -0.330 e. The summed E-state index contributed by atoms with van der Waals surface area (Å²) in [5.74, 6) is 0.191. The zero-order chi connectivity index (χ0) is 13.7. The molecule has 1 aromatic heterocycles. The highest BCUT2D eigenvalue weighted by molar-refractivity contribution is 5.17. The van der Waals surface area contributed by atoms with Gasteiger partial charge in [0.05, 0.1) is 0 Å². The van der Waals surface area contributed by atoms with Crippen LogP contribution in [0.25, 0.3) is 0 Å². The van der Waals surface area contributed by atoms with Gasteiger partial charge in [0.2, 0.25) is 0 Å². The van der Waals surface area contributed by atoms with Crippen molar-refractivity contribution < 1.29 is 4.39 Å². The smallest absolute Gasteiger partial charge is 0.123 e. The van der Waals surface area contributed by atoms with Crippen molar-refractivity contribution in [3.05, 3.63) is 53.6 Å². The third-order valence-corrected chi connectivity index (χ3v) is 3.48. The zero-order valence-corrected chi connectivity index (χ0v) is 11.2. The first-order chi connectivity index (χ1) is 9.19. The topological polar surface area (TPSA) is 43.8 Å². The molecule has 0 aliphatic heterocycles. The minimum absolute atomic E-state index is 0.181. The summed E-state index contributed by atoms with van der Waals surface area (Å²) < 4.78 is 15.0. The Balaban J connectivity index is 1.92. The van der Waals surface area contributed by atoms with Gasteiger partial charge in [-0.05, 0) is 55.5 Å². The van der Waals surface area contributed by atoms with Gasteiger partial charge < -0.3 is 5.73 Å². The van der Waals surface area contributed by atoms with Gasteiger partial charge in [0.25, 0.3) is 0 Å². The van der Waals surface area contributed by atoms with Gasteiger partial charge in [0.15, 0.2) is 0 Å². The molecule has 2 N–H and O–H groups in total. The molecular weight excluding hydrogens is 241 g/mol. The minimum atomic E-state index is -0.181. The molecule has 0 saturated carbocycles. The third-order valence-electron chi connectivity index (χ3n) is 3.48. The molecule has 1 aromatic carbocycles. The fraction of sp³-hybridized carbons (Fsp3) is 0.400. The van der Waals surface area contributed by atoms with Crippen LogP contribution >= 0.6 is 0 Å². The summed E-state index contributed by atoms with van der Waals surface area (Å²) in [6.45, 7) is 0.619. The molecule has 0 aliphatic carbocycles. The lowest BCUT2D eigenvalue weighted by Gasteiger charge is -2.14. The van der Waals surface area contributed by atoms with Gasteiger partial charge >= 0.3 is 0 Å². The maximum absolute atomic E-state index is 13.1. The van der Waals surface area contributed by atoms with Crippen LogP contribution in [0.15, 0.2) is 36.5 Å². The van der Waals surface area contributed by atoms with Crippen molar-refractivity contribution in [2.45, 2.75) is 19.3 Å². The van der Waals surface area contributed by atoms with E-state index in [-0.39, 0.29) is 5.82 Å². The van der Waals surface area contributed by atoms with E-state index < -0.39 is 0 Å². The van der Waals surface area contributed by atoms with Gasteiger partial charge in [-0.1, -0.05) is 12.1 Å². The molecule has 4 heteroatoms. The second-order valence-electron chi connectivity index (χ2n) is 4.92. The SMILES string of the molecule is Cn1nccc1CCC(CN)Cc1cccc(F)c1. The van der Waals surface area contributed by atoms with Crippen LogP contribution in [0.2, 0.25) is 0 Å². The Morgan fingerprint density at radius 2 is 2.21 bits per heavy atom. The predicted molar refractivity (Wildman–Crippen MR) is 74.2 cm³/mol. The molecule has 3 nitrogen and oxygen atoms in total. The van der Waals surface area contributed by atoms with E-state index in [0.717, 1.165) is 24.8 Å². The molecule has 2 aromatic rings.